The Morgan fingerprint density at radius 3 is 3.00 bits per heavy atom. The van der Waals surface area contributed by atoms with E-state index in [2.05, 4.69) is 17.6 Å². The monoisotopic (exact) mass is 354 g/mol. The first kappa shape index (κ1) is 19.0. The molecule has 0 radical (unpaired) electrons. The number of carbonyl (C=O) groups excluding carboxylic acids is 1. The van der Waals surface area contributed by atoms with Crippen LogP contribution in [0.1, 0.15) is 43.0 Å². The normalized spacial score (nSPS) is 26.5. The van der Waals surface area contributed by atoms with Gasteiger partial charge in [0.05, 0.1) is 6.10 Å². The maximum atomic E-state index is 12.5. The smallest absolute Gasteiger partial charge is 0.251 e. The lowest BCUT2D eigenvalue weighted by molar-refractivity contribution is 0.0679. The minimum atomic E-state index is -0.0342. The minimum absolute atomic E-state index is 0. The molecule has 6 heteroatoms. The zero-order valence-electron chi connectivity index (χ0n) is 14.1. The highest BCUT2D eigenvalue weighted by atomic mass is 35.5. The Kier molecular flexibility index (Phi) is 7.34. The number of nitrogens with one attached hydrogen (secondary N) is 2. The second-order valence-corrected chi connectivity index (χ2v) is 6.44. The van der Waals surface area contributed by atoms with E-state index in [1.807, 2.05) is 24.3 Å². The third-order valence-corrected chi connectivity index (χ3v) is 4.63. The van der Waals surface area contributed by atoms with E-state index in [0.717, 1.165) is 44.6 Å². The molecule has 2 saturated heterocycles. The van der Waals surface area contributed by atoms with Gasteiger partial charge in [0.1, 0.15) is 12.4 Å². The lowest BCUT2D eigenvalue weighted by Gasteiger charge is -2.30. The second kappa shape index (κ2) is 9.25. The van der Waals surface area contributed by atoms with Crippen LogP contribution in [0.3, 0.4) is 0 Å². The third kappa shape index (κ3) is 5.10. The summed E-state index contributed by atoms with van der Waals surface area (Å²) < 4.78 is 11.3. The van der Waals surface area contributed by atoms with Gasteiger partial charge in [-0.15, -0.1) is 12.4 Å². The summed E-state index contributed by atoms with van der Waals surface area (Å²) in [5.74, 6) is 0.691. The molecule has 1 aromatic rings. The molecular weight excluding hydrogens is 328 g/mol. The quantitative estimate of drug-likeness (QED) is 0.853. The van der Waals surface area contributed by atoms with Gasteiger partial charge in [0.15, 0.2) is 0 Å². The molecule has 0 spiro atoms. The van der Waals surface area contributed by atoms with Crippen LogP contribution in [0.2, 0.25) is 0 Å². The molecule has 0 aliphatic carbocycles. The Morgan fingerprint density at radius 1 is 1.38 bits per heavy atom. The molecule has 3 unspecified atom stereocenters. The molecule has 3 rings (SSSR count). The Morgan fingerprint density at radius 2 is 2.25 bits per heavy atom. The van der Waals surface area contributed by atoms with Gasteiger partial charge in [0.2, 0.25) is 0 Å². The summed E-state index contributed by atoms with van der Waals surface area (Å²) in [5, 5.41) is 6.53. The van der Waals surface area contributed by atoms with Gasteiger partial charge in [-0.3, -0.25) is 4.79 Å². The average molecular weight is 355 g/mol. The van der Waals surface area contributed by atoms with E-state index in [-0.39, 0.29) is 30.5 Å². The number of rotatable bonds is 5. The van der Waals surface area contributed by atoms with Gasteiger partial charge in [-0.25, -0.2) is 0 Å². The van der Waals surface area contributed by atoms with Gasteiger partial charge in [0, 0.05) is 24.3 Å². The lowest BCUT2D eigenvalue weighted by Crippen LogP contribution is -2.51. The largest absolute Gasteiger partial charge is 0.491 e. The van der Waals surface area contributed by atoms with Crippen LogP contribution >= 0.6 is 12.4 Å². The van der Waals surface area contributed by atoms with Crippen molar-refractivity contribution in [2.24, 2.45) is 0 Å². The molecule has 2 heterocycles. The fraction of sp³-hybridized carbons (Fsp3) is 0.611. The first-order valence-corrected chi connectivity index (χ1v) is 8.61. The Hall–Kier alpha value is -1.30. The van der Waals surface area contributed by atoms with Crippen LogP contribution in [0.4, 0.5) is 0 Å². The van der Waals surface area contributed by atoms with Crippen LogP contribution in [0.5, 0.6) is 5.75 Å². The number of carbonyl (C=O) groups is 1. The first-order valence-electron chi connectivity index (χ1n) is 8.61. The van der Waals surface area contributed by atoms with Gasteiger partial charge >= 0.3 is 0 Å². The van der Waals surface area contributed by atoms with E-state index < -0.39 is 0 Å². The van der Waals surface area contributed by atoms with Crippen LogP contribution in [0, 0.1) is 0 Å². The fourth-order valence-electron chi connectivity index (χ4n) is 3.18. The Labute approximate surface area is 149 Å². The zero-order chi connectivity index (χ0) is 16.1. The maximum absolute atomic E-state index is 12.5. The van der Waals surface area contributed by atoms with Gasteiger partial charge in [-0.05, 0) is 57.4 Å². The van der Waals surface area contributed by atoms with Crippen molar-refractivity contribution in [2.45, 2.75) is 50.8 Å². The molecule has 5 nitrogen and oxygen atoms in total. The number of benzene rings is 1. The molecule has 134 valence electrons. The molecule has 3 atom stereocenters. The van der Waals surface area contributed by atoms with Crippen LogP contribution in [-0.2, 0) is 4.74 Å². The van der Waals surface area contributed by atoms with Crippen molar-refractivity contribution in [1.82, 2.24) is 10.6 Å². The molecule has 0 bridgehead atoms. The van der Waals surface area contributed by atoms with Crippen LogP contribution in [0.25, 0.3) is 0 Å². The third-order valence-electron chi connectivity index (χ3n) is 4.63. The highest BCUT2D eigenvalue weighted by Crippen LogP contribution is 2.18. The van der Waals surface area contributed by atoms with Gasteiger partial charge < -0.3 is 20.1 Å². The van der Waals surface area contributed by atoms with Gasteiger partial charge in [-0.2, -0.15) is 0 Å². The molecule has 2 N–H and O–H groups in total. The summed E-state index contributed by atoms with van der Waals surface area (Å²) in [7, 11) is 0. The molecule has 2 aliphatic rings. The SMILES string of the molecule is CC1NCCCC1NC(=O)c1cccc(OCC2CCCO2)c1.Cl. The number of hydrogen-bond donors (Lipinski definition) is 2. The van der Waals surface area contributed by atoms with Crippen molar-refractivity contribution in [3.63, 3.8) is 0 Å². The minimum Gasteiger partial charge on any atom is -0.491 e. The highest BCUT2D eigenvalue weighted by molar-refractivity contribution is 5.94. The van der Waals surface area contributed by atoms with Crippen molar-refractivity contribution in [1.29, 1.82) is 0 Å². The van der Waals surface area contributed by atoms with Crippen LogP contribution < -0.4 is 15.4 Å². The lowest BCUT2D eigenvalue weighted by atomic mass is 9.99. The van der Waals surface area contributed by atoms with E-state index in [1.165, 1.54) is 0 Å². The summed E-state index contributed by atoms with van der Waals surface area (Å²) in [6, 6.07) is 7.89. The van der Waals surface area contributed by atoms with E-state index in [4.69, 9.17) is 9.47 Å². The van der Waals surface area contributed by atoms with Gasteiger partial charge in [0.25, 0.3) is 5.91 Å². The van der Waals surface area contributed by atoms with Gasteiger partial charge in [-0.1, -0.05) is 6.07 Å². The number of ether oxygens (including phenoxy) is 2. The van der Waals surface area contributed by atoms with E-state index in [9.17, 15) is 4.79 Å². The Bertz CT molecular complexity index is 535. The van der Waals surface area contributed by atoms with E-state index >= 15 is 0 Å². The summed E-state index contributed by atoms with van der Waals surface area (Å²) in [5.41, 5.74) is 0.646. The molecule has 1 amide bonds. The standard InChI is InChI=1S/C18H26N2O3.ClH/c1-13-17(8-3-9-19-13)20-18(21)14-5-2-6-15(11-14)23-12-16-7-4-10-22-16;/h2,5-6,11,13,16-17,19H,3-4,7-10,12H2,1H3,(H,20,21);1H. The topological polar surface area (TPSA) is 59.6 Å². The van der Waals surface area contributed by atoms with E-state index in [1.54, 1.807) is 0 Å². The van der Waals surface area contributed by atoms with Crippen LogP contribution in [0.15, 0.2) is 24.3 Å². The first-order chi connectivity index (χ1) is 11.2. The molecule has 24 heavy (non-hydrogen) atoms. The highest BCUT2D eigenvalue weighted by Gasteiger charge is 2.23. The maximum Gasteiger partial charge on any atom is 0.251 e. The summed E-state index contributed by atoms with van der Waals surface area (Å²) in [6.45, 7) is 4.52. The number of halogens is 1. The number of piperidine rings is 1. The van der Waals surface area contributed by atoms with Crippen molar-refractivity contribution < 1.29 is 14.3 Å². The summed E-state index contributed by atoms with van der Waals surface area (Å²) >= 11 is 0. The molecule has 0 saturated carbocycles. The summed E-state index contributed by atoms with van der Waals surface area (Å²) in [6.07, 6.45) is 4.45. The number of hydrogen-bond acceptors (Lipinski definition) is 4. The van der Waals surface area contributed by atoms with Crippen molar-refractivity contribution in [3.8, 4) is 5.75 Å². The van der Waals surface area contributed by atoms with Crippen molar-refractivity contribution in [3.05, 3.63) is 29.8 Å². The zero-order valence-corrected chi connectivity index (χ0v) is 14.9. The predicted molar refractivity (Wildman–Crippen MR) is 96.1 cm³/mol. The van der Waals surface area contributed by atoms with Crippen molar-refractivity contribution >= 4 is 18.3 Å². The Balaban J connectivity index is 0.00000208. The second-order valence-electron chi connectivity index (χ2n) is 6.44. The summed E-state index contributed by atoms with van der Waals surface area (Å²) in [4.78, 5) is 12.5. The molecule has 0 aromatic heterocycles. The molecular formula is C18H27ClN2O3. The van der Waals surface area contributed by atoms with E-state index in [0.29, 0.717) is 18.2 Å². The number of amides is 1. The average Bonchev–Trinajstić information content (AvgIpc) is 3.09. The van der Waals surface area contributed by atoms with Crippen molar-refractivity contribution in [2.75, 3.05) is 19.8 Å². The fourth-order valence-corrected chi connectivity index (χ4v) is 3.18. The van der Waals surface area contributed by atoms with Crippen LogP contribution in [-0.4, -0.2) is 43.9 Å². The predicted octanol–water partition coefficient (Wildman–Crippen LogP) is 2.54. The molecule has 2 fully saturated rings. The molecule has 1 aromatic carbocycles. The molecule has 2 aliphatic heterocycles.